The van der Waals surface area contributed by atoms with E-state index in [1.807, 2.05) is 36.4 Å². The summed E-state index contributed by atoms with van der Waals surface area (Å²) >= 11 is 14.8. The Kier molecular flexibility index (Phi) is 7.44. The molecule has 2 heterocycles. The number of imide groups is 2. The number of carbonyl (C=O) groups excluding carboxylic acids is 4. The summed E-state index contributed by atoms with van der Waals surface area (Å²) in [4.78, 5) is 55.3. The minimum absolute atomic E-state index is 0.0264. The number of hydrogen-bond acceptors (Lipinski definition) is 6. The second kappa shape index (κ2) is 11.5. The lowest BCUT2D eigenvalue weighted by atomic mass is 9.56. The summed E-state index contributed by atoms with van der Waals surface area (Å²) in [6.45, 7) is 1.70. The third-order valence-electron chi connectivity index (χ3n) is 10.6. The number of halogens is 3. The average molecular weight is 711 g/mol. The number of hydrogen-bond donors (Lipinski definition) is 2. The molecule has 2 aliphatic carbocycles. The lowest BCUT2D eigenvalue weighted by Gasteiger charge is -2.50. The maximum absolute atomic E-state index is 14.5. The fourth-order valence-electron chi connectivity index (χ4n) is 8.27. The molecule has 8 nitrogen and oxygen atoms in total. The summed E-state index contributed by atoms with van der Waals surface area (Å²) in [5.41, 5.74) is 3.85. The van der Waals surface area contributed by atoms with Gasteiger partial charge < -0.3 is 10.4 Å². The molecule has 8 rings (SSSR count). The van der Waals surface area contributed by atoms with Crippen LogP contribution in [-0.2, 0) is 19.2 Å². The number of rotatable bonds is 5. The molecule has 4 amide bonds. The van der Waals surface area contributed by atoms with Crippen molar-refractivity contribution in [1.82, 2.24) is 0 Å². The second-order valence-electron chi connectivity index (χ2n) is 13.3. The van der Waals surface area contributed by atoms with Crippen molar-refractivity contribution >= 4 is 69.6 Å². The molecule has 11 heteroatoms. The smallest absolute Gasteiger partial charge is 0.258 e. The SMILES string of the molecule is Cc1cc(C2C3=CCC4C(=O)N(c5ccc(Nc6ccccc6)cc5)C(=O)C4C3CC3(Cl)C(=O)N(c4ccc(F)cc4)C(=O)C23Cl)ccc1O. The zero-order chi connectivity index (χ0) is 35.1. The first-order chi connectivity index (χ1) is 23.9. The fourth-order valence-corrected chi connectivity index (χ4v) is 9.20. The highest BCUT2D eigenvalue weighted by molar-refractivity contribution is 6.58. The van der Waals surface area contributed by atoms with Gasteiger partial charge in [-0.15, -0.1) is 23.2 Å². The number of alkyl halides is 2. The third-order valence-corrected chi connectivity index (χ3v) is 12.1. The Balaban J connectivity index is 1.20. The van der Waals surface area contributed by atoms with Crippen LogP contribution >= 0.6 is 23.2 Å². The van der Waals surface area contributed by atoms with Crippen LogP contribution in [0.1, 0.15) is 29.9 Å². The van der Waals surface area contributed by atoms with Gasteiger partial charge in [0.2, 0.25) is 11.8 Å². The minimum atomic E-state index is -2.05. The van der Waals surface area contributed by atoms with Crippen molar-refractivity contribution in [3.05, 3.63) is 126 Å². The van der Waals surface area contributed by atoms with E-state index in [2.05, 4.69) is 5.32 Å². The Morgan fingerprint density at radius 1 is 0.780 bits per heavy atom. The molecule has 0 bridgehead atoms. The predicted molar refractivity (Wildman–Crippen MR) is 188 cm³/mol. The number of aryl methyl sites for hydroxylation is 1. The zero-order valence-electron chi connectivity index (χ0n) is 26.6. The molecule has 252 valence electrons. The molecule has 6 atom stereocenters. The molecule has 0 radical (unpaired) electrons. The van der Waals surface area contributed by atoms with Crippen molar-refractivity contribution in [2.75, 3.05) is 15.1 Å². The van der Waals surface area contributed by atoms with E-state index in [1.165, 1.54) is 23.1 Å². The van der Waals surface area contributed by atoms with E-state index in [0.29, 0.717) is 22.4 Å². The molecule has 0 aromatic heterocycles. The Morgan fingerprint density at radius 2 is 1.42 bits per heavy atom. The topological polar surface area (TPSA) is 107 Å². The molecular formula is C39H30Cl2FN3O5. The number of amides is 4. The van der Waals surface area contributed by atoms with E-state index in [1.54, 1.807) is 43.3 Å². The maximum atomic E-state index is 14.5. The second-order valence-corrected chi connectivity index (χ2v) is 14.6. The molecule has 2 N–H and O–H groups in total. The van der Waals surface area contributed by atoms with Crippen LogP contribution in [0.4, 0.5) is 27.1 Å². The quantitative estimate of drug-likeness (QED) is 0.128. The van der Waals surface area contributed by atoms with Crippen LogP contribution in [-0.4, -0.2) is 38.5 Å². The highest BCUT2D eigenvalue weighted by atomic mass is 35.5. The van der Waals surface area contributed by atoms with Gasteiger partial charge in [-0.2, -0.15) is 0 Å². The number of phenols is 1. The molecular weight excluding hydrogens is 680 g/mol. The normalized spacial score (nSPS) is 28.7. The first kappa shape index (κ1) is 32.2. The van der Waals surface area contributed by atoms with E-state index < -0.39 is 57.0 Å². The summed E-state index contributed by atoms with van der Waals surface area (Å²) in [6, 6.07) is 26.3. The lowest BCUT2D eigenvalue weighted by Crippen LogP contribution is -2.60. The molecule has 50 heavy (non-hydrogen) atoms. The summed E-state index contributed by atoms with van der Waals surface area (Å²) in [7, 11) is 0. The first-order valence-corrected chi connectivity index (χ1v) is 17.0. The van der Waals surface area contributed by atoms with Gasteiger partial charge in [0.15, 0.2) is 9.75 Å². The maximum Gasteiger partial charge on any atom is 0.258 e. The van der Waals surface area contributed by atoms with Crippen LogP contribution in [0.25, 0.3) is 0 Å². The van der Waals surface area contributed by atoms with Crippen molar-refractivity contribution in [3.63, 3.8) is 0 Å². The van der Waals surface area contributed by atoms with Crippen LogP contribution in [0.15, 0.2) is 109 Å². The highest BCUT2D eigenvalue weighted by Crippen LogP contribution is 2.66. The first-order valence-electron chi connectivity index (χ1n) is 16.3. The van der Waals surface area contributed by atoms with E-state index in [9.17, 15) is 28.7 Å². The summed E-state index contributed by atoms with van der Waals surface area (Å²) in [5.74, 6) is -6.18. The molecule has 1 saturated carbocycles. The fraction of sp³-hybridized carbons (Fsp3) is 0.231. The van der Waals surface area contributed by atoms with E-state index in [4.69, 9.17) is 23.2 Å². The van der Waals surface area contributed by atoms with E-state index in [-0.39, 0.29) is 30.2 Å². The predicted octanol–water partition coefficient (Wildman–Crippen LogP) is 7.35. The van der Waals surface area contributed by atoms with Crippen molar-refractivity contribution < 1.29 is 28.7 Å². The molecule has 4 aromatic rings. The summed E-state index contributed by atoms with van der Waals surface area (Å²) in [5, 5.41) is 13.7. The molecule has 4 aliphatic rings. The van der Waals surface area contributed by atoms with Crippen LogP contribution < -0.4 is 15.1 Å². The number of nitrogens with one attached hydrogen (secondary N) is 1. The Morgan fingerprint density at radius 3 is 2.10 bits per heavy atom. The van der Waals surface area contributed by atoms with Crippen LogP contribution in [0.2, 0.25) is 0 Å². The molecule has 0 spiro atoms. The number of para-hydroxylation sites is 1. The molecule has 2 aliphatic heterocycles. The highest BCUT2D eigenvalue weighted by Gasteiger charge is 2.76. The summed E-state index contributed by atoms with van der Waals surface area (Å²) in [6.07, 6.45) is 1.89. The lowest BCUT2D eigenvalue weighted by molar-refractivity contribution is -0.125. The minimum Gasteiger partial charge on any atom is -0.508 e. The number of carbonyl (C=O) groups is 4. The number of benzene rings is 4. The number of phenolic OH excluding ortho intramolecular Hbond substituents is 1. The average Bonchev–Trinajstić information content (AvgIpc) is 3.45. The van der Waals surface area contributed by atoms with Gasteiger partial charge in [-0.05, 0) is 104 Å². The monoisotopic (exact) mass is 709 g/mol. The Hall–Kier alpha value is -4.99. The van der Waals surface area contributed by atoms with Gasteiger partial charge in [0, 0.05) is 17.3 Å². The van der Waals surface area contributed by atoms with Crippen LogP contribution in [0.3, 0.4) is 0 Å². The molecule has 4 aromatic carbocycles. The van der Waals surface area contributed by atoms with Crippen LogP contribution in [0.5, 0.6) is 5.75 Å². The number of allylic oxidation sites excluding steroid dienone is 2. The van der Waals surface area contributed by atoms with Crippen molar-refractivity contribution in [1.29, 1.82) is 0 Å². The van der Waals surface area contributed by atoms with E-state index >= 15 is 0 Å². The zero-order valence-corrected chi connectivity index (χ0v) is 28.2. The Bertz CT molecular complexity index is 2130. The number of nitrogens with zero attached hydrogens (tertiary/aromatic N) is 2. The molecule has 2 saturated heterocycles. The molecule has 3 fully saturated rings. The van der Waals surface area contributed by atoms with Gasteiger partial charge >= 0.3 is 0 Å². The van der Waals surface area contributed by atoms with Crippen molar-refractivity contribution in [2.24, 2.45) is 17.8 Å². The third kappa shape index (κ3) is 4.56. The van der Waals surface area contributed by atoms with Gasteiger partial charge in [0.05, 0.1) is 23.2 Å². The number of fused-ring (bicyclic) bond motifs is 4. The van der Waals surface area contributed by atoms with Gasteiger partial charge in [-0.25, -0.2) is 9.29 Å². The molecule has 6 unspecified atom stereocenters. The van der Waals surface area contributed by atoms with Gasteiger partial charge in [0.25, 0.3) is 11.8 Å². The van der Waals surface area contributed by atoms with Gasteiger partial charge in [0.1, 0.15) is 11.6 Å². The standard InChI is InChI=1S/C39H30Cl2FN3O5/c1-21-19-22(7-18-31(21)46)33-28-16-17-29-32(35(48)44(34(29)47)26-14-10-25(11-15-26)43-24-5-3-2-4-6-24)30(28)20-38(40)36(49)45(37(50)39(33,38)41)27-12-8-23(42)9-13-27/h2-16,18-19,29-30,32-33,43,46H,17,20H2,1H3. The van der Waals surface area contributed by atoms with Crippen molar-refractivity contribution in [3.8, 4) is 5.75 Å². The van der Waals surface area contributed by atoms with E-state index in [0.717, 1.165) is 28.4 Å². The van der Waals surface area contributed by atoms with Crippen molar-refractivity contribution in [2.45, 2.75) is 35.4 Å². The Labute approximate surface area is 297 Å². The number of aromatic hydroxyl groups is 1. The van der Waals surface area contributed by atoms with Crippen LogP contribution in [0, 0.1) is 30.5 Å². The summed E-state index contributed by atoms with van der Waals surface area (Å²) < 4.78 is 13.9. The van der Waals surface area contributed by atoms with Gasteiger partial charge in [-0.3, -0.25) is 24.1 Å². The number of anilines is 4. The largest absolute Gasteiger partial charge is 0.508 e. The van der Waals surface area contributed by atoms with Gasteiger partial charge in [-0.1, -0.05) is 42.0 Å².